The van der Waals surface area contributed by atoms with Gasteiger partial charge in [0.05, 0.1) is 0 Å². The molecule has 0 aromatic heterocycles. The smallest absolute Gasteiger partial charge is 0.0101 e. The van der Waals surface area contributed by atoms with Crippen LogP contribution in [0.25, 0.3) is 0 Å². The summed E-state index contributed by atoms with van der Waals surface area (Å²) < 4.78 is 0. The van der Waals surface area contributed by atoms with Crippen molar-refractivity contribution in [2.75, 3.05) is 6.54 Å². The van der Waals surface area contributed by atoms with E-state index >= 15 is 0 Å². The van der Waals surface area contributed by atoms with Crippen LogP contribution in [0.1, 0.15) is 44.2 Å². The number of benzene rings is 1. The summed E-state index contributed by atoms with van der Waals surface area (Å²) in [5.74, 6) is 0.786. The molecule has 0 saturated carbocycles. The molecule has 1 nitrogen and oxygen atoms in total. The molecule has 0 saturated heterocycles. The van der Waals surface area contributed by atoms with Crippen molar-refractivity contribution in [1.82, 2.24) is 5.32 Å². The highest BCUT2D eigenvalue weighted by atomic mass is 14.9. The maximum absolute atomic E-state index is 4.04. The van der Waals surface area contributed by atoms with Crippen molar-refractivity contribution in [1.29, 1.82) is 0 Å². The van der Waals surface area contributed by atoms with Crippen molar-refractivity contribution < 1.29 is 0 Å². The van der Waals surface area contributed by atoms with E-state index in [9.17, 15) is 0 Å². The summed E-state index contributed by atoms with van der Waals surface area (Å²) in [5, 5.41) is 3.70. The van der Waals surface area contributed by atoms with Crippen LogP contribution in [0, 0.1) is 5.92 Å². The van der Waals surface area contributed by atoms with Crippen LogP contribution in [-0.2, 0) is 12.8 Å². The molecule has 19 heavy (non-hydrogen) atoms. The Kier molecular flexibility index (Phi) is 5.21. The summed E-state index contributed by atoms with van der Waals surface area (Å²) in [5.41, 5.74) is 4.44. The van der Waals surface area contributed by atoms with Crippen LogP contribution >= 0.6 is 0 Å². The van der Waals surface area contributed by atoms with Crippen molar-refractivity contribution in [3.05, 3.63) is 47.5 Å². The third kappa shape index (κ3) is 3.94. The summed E-state index contributed by atoms with van der Waals surface area (Å²) in [6.45, 7) is 9.46. The molecule has 2 atom stereocenters. The summed E-state index contributed by atoms with van der Waals surface area (Å²) in [7, 11) is 0. The van der Waals surface area contributed by atoms with Crippen LogP contribution in [0.3, 0.4) is 0 Å². The van der Waals surface area contributed by atoms with Gasteiger partial charge in [0.25, 0.3) is 0 Å². The van der Waals surface area contributed by atoms with Gasteiger partial charge < -0.3 is 5.32 Å². The predicted octanol–water partition coefficient (Wildman–Crippen LogP) is 4.13. The highest BCUT2D eigenvalue weighted by molar-refractivity contribution is 5.30. The predicted molar refractivity (Wildman–Crippen MR) is 83.5 cm³/mol. The van der Waals surface area contributed by atoms with Gasteiger partial charge in [0, 0.05) is 6.04 Å². The summed E-state index contributed by atoms with van der Waals surface area (Å²) in [4.78, 5) is 0. The van der Waals surface area contributed by atoms with Gasteiger partial charge in [0.15, 0.2) is 0 Å². The molecule has 1 aromatic carbocycles. The first-order chi connectivity index (χ1) is 9.20. The molecule has 0 bridgehead atoms. The van der Waals surface area contributed by atoms with Gasteiger partial charge >= 0.3 is 0 Å². The monoisotopic (exact) mass is 257 g/mol. The van der Waals surface area contributed by atoms with Crippen LogP contribution < -0.4 is 5.32 Å². The Morgan fingerprint density at radius 2 is 2.11 bits per heavy atom. The maximum Gasteiger partial charge on any atom is 0.0101 e. The van der Waals surface area contributed by atoms with Gasteiger partial charge in [0.2, 0.25) is 0 Å². The first-order valence-electron chi connectivity index (χ1n) is 7.65. The van der Waals surface area contributed by atoms with E-state index in [4.69, 9.17) is 0 Å². The molecule has 1 aliphatic rings. The lowest BCUT2D eigenvalue weighted by Gasteiger charge is -2.32. The van der Waals surface area contributed by atoms with Crippen LogP contribution in [0.15, 0.2) is 36.4 Å². The zero-order valence-electron chi connectivity index (χ0n) is 12.4. The number of nitrogens with one attached hydrogen (secondary N) is 1. The molecule has 2 rings (SSSR count). The molecule has 0 heterocycles. The van der Waals surface area contributed by atoms with E-state index in [-0.39, 0.29) is 0 Å². The Labute approximate surface area is 118 Å². The van der Waals surface area contributed by atoms with Gasteiger partial charge in [-0.25, -0.2) is 0 Å². The molecule has 1 N–H and O–H groups in total. The molecule has 0 spiro atoms. The number of rotatable bonds is 6. The summed E-state index contributed by atoms with van der Waals surface area (Å²) >= 11 is 0. The fourth-order valence-electron chi connectivity index (χ4n) is 3.24. The molecule has 0 amide bonds. The van der Waals surface area contributed by atoms with Gasteiger partial charge in [-0.1, -0.05) is 36.8 Å². The fourth-order valence-corrected chi connectivity index (χ4v) is 3.24. The van der Waals surface area contributed by atoms with Crippen molar-refractivity contribution in [3.8, 4) is 0 Å². The maximum atomic E-state index is 4.04. The highest BCUT2D eigenvalue weighted by Gasteiger charge is 2.25. The Morgan fingerprint density at radius 1 is 1.37 bits per heavy atom. The van der Waals surface area contributed by atoms with E-state index in [0.717, 1.165) is 18.9 Å². The molecule has 0 fully saturated rings. The van der Waals surface area contributed by atoms with Crippen molar-refractivity contribution in [2.45, 2.75) is 52.0 Å². The van der Waals surface area contributed by atoms with E-state index in [1.165, 1.54) is 31.3 Å². The molecule has 2 unspecified atom stereocenters. The zero-order chi connectivity index (χ0) is 13.7. The first kappa shape index (κ1) is 14.3. The lowest BCUT2D eigenvalue weighted by atomic mass is 9.78. The Morgan fingerprint density at radius 3 is 2.79 bits per heavy atom. The largest absolute Gasteiger partial charge is 0.314 e. The average molecular weight is 257 g/mol. The zero-order valence-corrected chi connectivity index (χ0v) is 12.4. The minimum atomic E-state index is 0.648. The fraction of sp³-hybridized carbons (Fsp3) is 0.556. The van der Waals surface area contributed by atoms with Gasteiger partial charge in [-0.05, 0) is 62.6 Å². The van der Waals surface area contributed by atoms with Crippen LogP contribution in [0.5, 0.6) is 0 Å². The van der Waals surface area contributed by atoms with E-state index in [2.05, 4.69) is 50.0 Å². The number of hydrogen-bond acceptors (Lipinski definition) is 1. The normalized spacial score (nSPS) is 19.8. The molecule has 0 radical (unpaired) electrons. The second-order valence-corrected chi connectivity index (χ2v) is 5.93. The average Bonchev–Trinajstić information content (AvgIpc) is 2.42. The van der Waals surface area contributed by atoms with Crippen LogP contribution in [0.4, 0.5) is 0 Å². The molecule has 1 aliphatic carbocycles. The third-order valence-corrected chi connectivity index (χ3v) is 4.30. The van der Waals surface area contributed by atoms with Crippen LogP contribution in [0.2, 0.25) is 0 Å². The van der Waals surface area contributed by atoms with E-state index < -0.39 is 0 Å². The Balaban J connectivity index is 2.01. The molecule has 0 aliphatic heterocycles. The number of fused-ring (bicyclic) bond motifs is 1. The second-order valence-electron chi connectivity index (χ2n) is 5.93. The highest BCUT2D eigenvalue weighted by Crippen LogP contribution is 2.29. The van der Waals surface area contributed by atoms with Gasteiger partial charge in [-0.3, -0.25) is 0 Å². The molecular formula is C18H27N. The lowest BCUT2D eigenvalue weighted by Crippen LogP contribution is -2.38. The Bertz CT molecular complexity index is 421. The number of aryl methyl sites for hydroxylation is 1. The van der Waals surface area contributed by atoms with Crippen molar-refractivity contribution >= 4 is 0 Å². The van der Waals surface area contributed by atoms with Gasteiger partial charge in [-0.2, -0.15) is 0 Å². The SMILES string of the molecule is C=C(C)CCC(NCC)C1CCc2ccccc2C1. The number of hydrogen-bond donors (Lipinski definition) is 1. The van der Waals surface area contributed by atoms with Crippen LogP contribution in [-0.4, -0.2) is 12.6 Å². The lowest BCUT2D eigenvalue weighted by molar-refractivity contribution is 0.309. The molecular weight excluding hydrogens is 230 g/mol. The second kappa shape index (κ2) is 6.91. The minimum Gasteiger partial charge on any atom is -0.314 e. The summed E-state index contributed by atoms with van der Waals surface area (Å²) in [6, 6.07) is 9.60. The molecule has 1 aromatic rings. The van der Waals surface area contributed by atoms with E-state index in [0.29, 0.717) is 6.04 Å². The number of allylic oxidation sites excluding steroid dienone is 1. The van der Waals surface area contributed by atoms with Crippen molar-refractivity contribution in [2.24, 2.45) is 5.92 Å². The molecule has 1 heteroatoms. The van der Waals surface area contributed by atoms with Crippen molar-refractivity contribution in [3.63, 3.8) is 0 Å². The van der Waals surface area contributed by atoms with E-state index in [1.54, 1.807) is 11.1 Å². The first-order valence-corrected chi connectivity index (χ1v) is 7.65. The molecule has 104 valence electrons. The standard InChI is InChI=1S/C18H27N/c1-4-19-18(12-9-14(2)3)17-11-10-15-7-5-6-8-16(15)13-17/h5-8,17-19H,2,4,9-13H2,1,3H3. The van der Waals surface area contributed by atoms with Gasteiger partial charge in [-0.15, -0.1) is 6.58 Å². The summed E-state index contributed by atoms with van der Waals surface area (Å²) in [6.07, 6.45) is 6.19. The minimum absolute atomic E-state index is 0.648. The quantitative estimate of drug-likeness (QED) is 0.756. The Hall–Kier alpha value is -1.08. The van der Waals surface area contributed by atoms with Gasteiger partial charge in [0.1, 0.15) is 0 Å². The third-order valence-electron chi connectivity index (χ3n) is 4.30. The topological polar surface area (TPSA) is 12.0 Å². The van der Waals surface area contributed by atoms with E-state index in [1.807, 2.05) is 0 Å².